The number of benzene rings is 1. The first kappa shape index (κ1) is 17.9. The van der Waals surface area contributed by atoms with Gasteiger partial charge < -0.3 is 10.1 Å². The normalized spacial score (nSPS) is 12.2. The van der Waals surface area contributed by atoms with Crippen LogP contribution in [0.4, 0.5) is 0 Å². The zero-order valence-electron chi connectivity index (χ0n) is 14.1. The molecule has 0 aliphatic carbocycles. The number of carbonyl (C=O) groups is 1. The average Bonchev–Trinajstić information content (AvgIpc) is 2.43. The third-order valence-electron chi connectivity index (χ3n) is 3.74. The summed E-state index contributed by atoms with van der Waals surface area (Å²) in [5.41, 5.74) is 2.74. The van der Waals surface area contributed by atoms with Gasteiger partial charge in [-0.2, -0.15) is 12.6 Å². The molecule has 1 amide bonds. The lowest BCUT2D eigenvalue weighted by molar-refractivity contribution is 0.0960. The molecule has 0 saturated heterocycles. The third-order valence-corrected chi connectivity index (χ3v) is 4.53. The van der Waals surface area contributed by atoms with Crippen LogP contribution in [0.2, 0.25) is 0 Å². The van der Waals surface area contributed by atoms with E-state index in [0.717, 1.165) is 11.3 Å². The zero-order valence-corrected chi connectivity index (χ0v) is 15.0. The van der Waals surface area contributed by atoms with Gasteiger partial charge in [-0.1, -0.05) is 34.6 Å². The molecule has 0 heterocycles. The third kappa shape index (κ3) is 3.73. The van der Waals surface area contributed by atoms with Crippen molar-refractivity contribution in [1.82, 2.24) is 5.32 Å². The van der Waals surface area contributed by atoms with Crippen molar-refractivity contribution in [2.75, 3.05) is 19.9 Å². The molecule has 0 aliphatic heterocycles. The lowest BCUT2D eigenvalue weighted by Gasteiger charge is -2.32. The molecular weight excluding hydrogens is 282 g/mol. The lowest BCUT2D eigenvalue weighted by atomic mass is 9.74. The highest BCUT2D eigenvalue weighted by molar-refractivity contribution is 7.80. The van der Waals surface area contributed by atoms with Crippen molar-refractivity contribution in [3.63, 3.8) is 0 Å². The second kappa shape index (κ2) is 6.30. The first-order chi connectivity index (χ1) is 9.58. The summed E-state index contributed by atoms with van der Waals surface area (Å²) in [6, 6.07) is 3.94. The minimum atomic E-state index is -0.132. The van der Waals surface area contributed by atoms with E-state index in [1.54, 1.807) is 14.2 Å². The smallest absolute Gasteiger partial charge is 0.254 e. The second-order valence-electron chi connectivity index (χ2n) is 6.97. The number of nitrogens with one attached hydrogen (secondary N) is 1. The Kier molecular flexibility index (Phi) is 5.37. The Balaban J connectivity index is 3.69. The van der Waals surface area contributed by atoms with E-state index in [1.165, 1.54) is 5.56 Å². The summed E-state index contributed by atoms with van der Waals surface area (Å²) in [7, 11) is 3.22. The lowest BCUT2D eigenvalue weighted by Crippen LogP contribution is -2.28. The maximum absolute atomic E-state index is 12.1. The molecule has 0 fully saturated rings. The molecule has 0 aromatic heterocycles. The van der Waals surface area contributed by atoms with Crippen molar-refractivity contribution in [1.29, 1.82) is 0 Å². The summed E-state index contributed by atoms with van der Waals surface area (Å²) in [6.45, 7) is 10.8. The van der Waals surface area contributed by atoms with Crippen molar-refractivity contribution in [3.05, 3.63) is 28.8 Å². The minimum Gasteiger partial charge on any atom is -0.496 e. The van der Waals surface area contributed by atoms with Crippen LogP contribution in [0.25, 0.3) is 0 Å². The van der Waals surface area contributed by atoms with Crippen LogP contribution in [-0.4, -0.2) is 25.8 Å². The van der Waals surface area contributed by atoms with E-state index in [4.69, 9.17) is 4.74 Å². The molecule has 0 unspecified atom stereocenters. The summed E-state index contributed by atoms with van der Waals surface area (Å²) < 4.78 is 5.43. The molecule has 3 nitrogen and oxygen atoms in total. The van der Waals surface area contributed by atoms with Crippen LogP contribution in [-0.2, 0) is 10.8 Å². The first-order valence-corrected chi connectivity index (χ1v) is 7.77. The van der Waals surface area contributed by atoms with Gasteiger partial charge in [-0.25, -0.2) is 0 Å². The standard InChI is InChI=1S/C17H27NO2S/c1-16(2,3)12-8-11(15(19)18-6)14(20-7)9-13(12)17(4,5)10-21/h8-9,21H,10H2,1-7H3,(H,18,19). The van der Waals surface area contributed by atoms with Gasteiger partial charge >= 0.3 is 0 Å². The first-order valence-electron chi connectivity index (χ1n) is 7.14. The molecule has 1 aromatic rings. The number of methoxy groups -OCH3 is 1. The molecule has 0 atom stereocenters. The topological polar surface area (TPSA) is 38.3 Å². The van der Waals surface area contributed by atoms with Crippen LogP contribution in [0, 0.1) is 0 Å². The Hall–Kier alpha value is -1.16. The van der Waals surface area contributed by atoms with Gasteiger partial charge in [-0.3, -0.25) is 4.79 Å². The fourth-order valence-electron chi connectivity index (χ4n) is 2.33. The Morgan fingerprint density at radius 3 is 2.14 bits per heavy atom. The van der Waals surface area contributed by atoms with Crippen LogP contribution in [0.3, 0.4) is 0 Å². The summed E-state index contributed by atoms with van der Waals surface area (Å²) in [4.78, 5) is 12.1. The maximum Gasteiger partial charge on any atom is 0.254 e. The maximum atomic E-state index is 12.1. The molecular formula is C17H27NO2S. The Bertz CT molecular complexity index is 530. The van der Waals surface area contributed by atoms with Crippen molar-refractivity contribution in [3.8, 4) is 5.75 Å². The van der Waals surface area contributed by atoms with Crippen molar-refractivity contribution >= 4 is 18.5 Å². The summed E-state index contributed by atoms with van der Waals surface area (Å²) in [5, 5.41) is 2.67. The molecule has 0 spiro atoms. The predicted molar refractivity (Wildman–Crippen MR) is 92.0 cm³/mol. The SMILES string of the molecule is CNC(=O)c1cc(C(C)(C)C)c(C(C)(C)CS)cc1OC. The Labute approximate surface area is 133 Å². The van der Waals surface area contributed by atoms with Crippen LogP contribution >= 0.6 is 12.6 Å². The van der Waals surface area contributed by atoms with Gasteiger partial charge in [0.1, 0.15) is 5.75 Å². The Morgan fingerprint density at radius 2 is 1.76 bits per heavy atom. The molecule has 0 bridgehead atoms. The van der Waals surface area contributed by atoms with Crippen molar-refractivity contribution in [2.45, 2.75) is 45.4 Å². The highest BCUT2D eigenvalue weighted by atomic mass is 32.1. The number of amides is 1. The van der Waals surface area contributed by atoms with E-state index in [1.807, 2.05) is 12.1 Å². The zero-order chi connectivity index (χ0) is 16.4. The largest absolute Gasteiger partial charge is 0.496 e. The summed E-state index contributed by atoms with van der Waals surface area (Å²) in [5.74, 6) is 1.19. The van der Waals surface area contributed by atoms with Crippen LogP contribution in [0.15, 0.2) is 12.1 Å². The summed E-state index contributed by atoms with van der Waals surface area (Å²) in [6.07, 6.45) is 0. The molecule has 21 heavy (non-hydrogen) atoms. The van der Waals surface area contributed by atoms with E-state index >= 15 is 0 Å². The van der Waals surface area contributed by atoms with Crippen LogP contribution in [0.1, 0.15) is 56.1 Å². The van der Waals surface area contributed by atoms with Crippen molar-refractivity contribution in [2.24, 2.45) is 0 Å². The van der Waals surface area contributed by atoms with Gasteiger partial charge in [0.05, 0.1) is 12.7 Å². The monoisotopic (exact) mass is 309 g/mol. The molecule has 0 aliphatic rings. The molecule has 0 radical (unpaired) electrons. The number of hydrogen-bond donors (Lipinski definition) is 2. The van der Waals surface area contributed by atoms with Crippen molar-refractivity contribution < 1.29 is 9.53 Å². The second-order valence-corrected chi connectivity index (χ2v) is 7.29. The van der Waals surface area contributed by atoms with Gasteiger partial charge in [-0.15, -0.1) is 0 Å². The van der Waals surface area contributed by atoms with Gasteiger partial charge in [0.2, 0.25) is 0 Å². The quantitative estimate of drug-likeness (QED) is 0.835. The fourth-order valence-corrected chi connectivity index (χ4v) is 2.50. The van der Waals surface area contributed by atoms with Crippen LogP contribution < -0.4 is 10.1 Å². The van der Waals surface area contributed by atoms with Crippen LogP contribution in [0.5, 0.6) is 5.75 Å². The number of carbonyl (C=O) groups excluding carboxylic acids is 1. The number of thiol groups is 1. The highest BCUT2D eigenvalue weighted by Gasteiger charge is 2.30. The van der Waals surface area contributed by atoms with Gasteiger partial charge in [0.25, 0.3) is 5.91 Å². The summed E-state index contributed by atoms with van der Waals surface area (Å²) >= 11 is 4.48. The minimum absolute atomic E-state index is 0.0649. The van der Waals surface area contributed by atoms with E-state index in [9.17, 15) is 4.79 Å². The predicted octanol–water partition coefficient (Wildman–Crippen LogP) is 3.56. The van der Waals surface area contributed by atoms with Gasteiger partial charge in [-0.05, 0) is 39.8 Å². The van der Waals surface area contributed by atoms with Gasteiger partial charge in [0.15, 0.2) is 0 Å². The van der Waals surface area contributed by atoms with Gasteiger partial charge in [0, 0.05) is 7.05 Å². The molecule has 1 aromatic carbocycles. The number of hydrogen-bond acceptors (Lipinski definition) is 3. The number of ether oxygens (including phenoxy) is 1. The molecule has 4 heteroatoms. The van der Waals surface area contributed by atoms with E-state index in [-0.39, 0.29) is 16.7 Å². The molecule has 118 valence electrons. The molecule has 1 rings (SSSR count). The Morgan fingerprint density at radius 1 is 1.19 bits per heavy atom. The molecule has 1 N–H and O–H groups in total. The van der Waals surface area contributed by atoms with E-state index in [0.29, 0.717) is 11.3 Å². The van der Waals surface area contributed by atoms with E-state index in [2.05, 4.69) is 52.6 Å². The highest BCUT2D eigenvalue weighted by Crippen LogP contribution is 2.38. The van der Waals surface area contributed by atoms with E-state index < -0.39 is 0 Å². The molecule has 0 saturated carbocycles. The average molecular weight is 309 g/mol. The number of rotatable bonds is 4. The fraction of sp³-hybridized carbons (Fsp3) is 0.588.